The topological polar surface area (TPSA) is 47.6 Å². The van der Waals surface area contributed by atoms with E-state index in [1.165, 1.54) is 50.5 Å². The molecule has 1 aromatic carbocycles. The molecule has 1 aromatic rings. The molecule has 2 rings (SSSR count). The lowest BCUT2D eigenvalue weighted by atomic mass is 10.0. The van der Waals surface area contributed by atoms with Crippen LogP contribution in [0.3, 0.4) is 0 Å². The smallest absolute Gasteiger partial charge is 0.284 e. The van der Waals surface area contributed by atoms with Gasteiger partial charge in [-0.2, -0.15) is 0 Å². The molecule has 0 aromatic heterocycles. The third-order valence-corrected chi connectivity index (χ3v) is 3.90. The maximum absolute atomic E-state index is 11.1. The second-order valence-electron chi connectivity index (χ2n) is 5.81. The molecule has 4 nitrogen and oxygen atoms in total. The summed E-state index contributed by atoms with van der Waals surface area (Å²) < 4.78 is 11.0. The van der Waals surface area contributed by atoms with Crippen LogP contribution in [0.2, 0.25) is 0 Å². The van der Waals surface area contributed by atoms with Gasteiger partial charge in [0.05, 0.1) is 0 Å². The number of ether oxygens (including phenoxy) is 2. The standard InChI is InChI=1S/C18H27NO3/c1-2-3-4-5-6-7-8-11-15-12-9-10-13-16(15)22-18-19-17(20)14-21-18/h9-10,12-13,18H,2-8,11,14H2,1H3,(H,19,20). The number of para-hydroxylation sites is 1. The first-order valence-corrected chi connectivity index (χ1v) is 8.45. The Balaban J connectivity index is 1.72. The molecule has 1 heterocycles. The van der Waals surface area contributed by atoms with Gasteiger partial charge in [-0.15, -0.1) is 0 Å². The van der Waals surface area contributed by atoms with Gasteiger partial charge in [0.25, 0.3) is 12.3 Å². The van der Waals surface area contributed by atoms with Crippen LogP contribution in [0.5, 0.6) is 5.75 Å². The summed E-state index contributed by atoms with van der Waals surface area (Å²) in [5, 5.41) is 2.64. The van der Waals surface area contributed by atoms with Crippen LogP contribution in [0.25, 0.3) is 0 Å². The zero-order chi connectivity index (χ0) is 15.6. The number of rotatable bonds is 10. The maximum Gasteiger partial charge on any atom is 0.284 e. The lowest BCUT2D eigenvalue weighted by Crippen LogP contribution is -2.31. The van der Waals surface area contributed by atoms with Crippen molar-refractivity contribution in [1.29, 1.82) is 0 Å². The average Bonchev–Trinajstić information content (AvgIpc) is 2.93. The predicted octanol–water partition coefficient (Wildman–Crippen LogP) is 3.79. The Morgan fingerprint density at radius 3 is 2.59 bits per heavy atom. The number of nitrogens with one attached hydrogen (secondary N) is 1. The van der Waals surface area contributed by atoms with Gasteiger partial charge in [0, 0.05) is 0 Å². The number of amides is 1. The Morgan fingerprint density at radius 2 is 1.86 bits per heavy atom. The molecule has 22 heavy (non-hydrogen) atoms. The number of hydrogen-bond acceptors (Lipinski definition) is 3. The van der Waals surface area contributed by atoms with Crippen molar-refractivity contribution in [2.24, 2.45) is 0 Å². The highest BCUT2D eigenvalue weighted by molar-refractivity contribution is 5.78. The zero-order valence-electron chi connectivity index (χ0n) is 13.5. The molecule has 0 spiro atoms. The monoisotopic (exact) mass is 305 g/mol. The molecular weight excluding hydrogens is 278 g/mol. The summed E-state index contributed by atoms with van der Waals surface area (Å²) in [6, 6.07) is 7.99. The Hall–Kier alpha value is -1.55. The van der Waals surface area contributed by atoms with Gasteiger partial charge in [-0.25, -0.2) is 0 Å². The fourth-order valence-electron chi connectivity index (χ4n) is 2.64. The molecule has 1 fully saturated rings. The number of benzene rings is 1. The Bertz CT molecular complexity index is 461. The van der Waals surface area contributed by atoms with Gasteiger partial charge in [-0.1, -0.05) is 63.6 Å². The molecule has 1 atom stereocenters. The Kier molecular flexibility index (Phi) is 7.23. The van der Waals surface area contributed by atoms with Gasteiger partial charge < -0.3 is 9.47 Å². The summed E-state index contributed by atoms with van der Waals surface area (Å²) in [6.07, 6.45) is 9.44. The summed E-state index contributed by atoms with van der Waals surface area (Å²) in [4.78, 5) is 11.1. The van der Waals surface area contributed by atoms with Gasteiger partial charge in [-0.3, -0.25) is 10.1 Å². The highest BCUT2D eigenvalue weighted by Crippen LogP contribution is 2.22. The van der Waals surface area contributed by atoms with Crippen molar-refractivity contribution < 1.29 is 14.3 Å². The van der Waals surface area contributed by atoms with Crippen LogP contribution in [0.15, 0.2) is 24.3 Å². The number of carbonyl (C=O) groups is 1. The van der Waals surface area contributed by atoms with E-state index in [1.807, 2.05) is 18.2 Å². The average molecular weight is 305 g/mol. The highest BCUT2D eigenvalue weighted by atomic mass is 16.7. The number of hydrogen-bond donors (Lipinski definition) is 1. The van der Waals surface area contributed by atoms with E-state index < -0.39 is 6.41 Å². The van der Waals surface area contributed by atoms with Crippen molar-refractivity contribution in [1.82, 2.24) is 5.32 Å². The largest absolute Gasteiger partial charge is 0.446 e. The van der Waals surface area contributed by atoms with E-state index in [2.05, 4.69) is 18.3 Å². The minimum atomic E-state index is -0.650. The Labute approximate surface area is 133 Å². The second kappa shape index (κ2) is 9.46. The van der Waals surface area contributed by atoms with E-state index in [0.717, 1.165) is 12.2 Å². The van der Waals surface area contributed by atoms with Crippen molar-refractivity contribution in [3.8, 4) is 5.75 Å². The van der Waals surface area contributed by atoms with Crippen LogP contribution < -0.4 is 10.1 Å². The first-order chi connectivity index (χ1) is 10.8. The van der Waals surface area contributed by atoms with E-state index in [9.17, 15) is 4.79 Å². The van der Waals surface area contributed by atoms with E-state index in [4.69, 9.17) is 9.47 Å². The summed E-state index contributed by atoms with van der Waals surface area (Å²) in [6.45, 7) is 2.32. The second-order valence-corrected chi connectivity index (χ2v) is 5.81. The lowest BCUT2D eigenvalue weighted by Gasteiger charge is -2.15. The molecule has 0 aliphatic carbocycles. The first-order valence-electron chi connectivity index (χ1n) is 8.45. The van der Waals surface area contributed by atoms with Crippen molar-refractivity contribution >= 4 is 5.91 Å². The number of aryl methyl sites for hydroxylation is 1. The minimum absolute atomic E-state index is 0.0740. The van der Waals surface area contributed by atoms with Crippen LogP contribution >= 0.6 is 0 Å². The molecule has 1 aliphatic heterocycles. The lowest BCUT2D eigenvalue weighted by molar-refractivity contribution is -0.119. The van der Waals surface area contributed by atoms with E-state index in [-0.39, 0.29) is 12.5 Å². The molecule has 0 radical (unpaired) electrons. The fourth-order valence-corrected chi connectivity index (χ4v) is 2.64. The van der Waals surface area contributed by atoms with Gasteiger partial charge in [-0.05, 0) is 24.5 Å². The molecule has 0 saturated carbocycles. The van der Waals surface area contributed by atoms with Crippen LogP contribution in [-0.4, -0.2) is 18.9 Å². The van der Waals surface area contributed by atoms with Crippen LogP contribution in [0, 0.1) is 0 Å². The van der Waals surface area contributed by atoms with Crippen LogP contribution in [0.1, 0.15) is 57.4 Å². The molecule has 122 valence electrons. The third kappa shape index (κ3) is 5.68. The van der Waals surface area contributed by atoms with Gasteiger partial charge in [0.1, 0.15) is 12.4 Å². The van der Waals surface area contributed by atoms with E-state index >= 15 is 0 Å². The summed E-state index contributed by atoms with van der Waals surface area (Å²) in [5.74, 6) is 0.676. The molecule has 4 heteroatoms. The normalized spacial score (nSPS) is 17.5. The number of carbonyl (C=O) groups excluding carboxylic acids is 1. The summed E-state index contributed by atoms with van der Waals surface area (Å²) in [5.41, 5.74) is 1.18. The highest BCUT2D eigenvalue weighted by Gasteiger charge is 2.23. The molecule has 1 N–H and O–H groups in total. The van der Waals surface area contributed by atoms with Crippen LogP contribution in [-0.2, 0) is 16.0 Å². The SMILES string of the molecule is CCCCCCCCCc1ccccc1OC1NC(=O)CO1. The zero-order valence-corrected chi connectivity index (χ0v) is 13.5. The number of unbranched alkanes of at least 4 members (excludes halogenated alkanes) is 6. The van der Waals surface area contributed by atoms with E-state index in [1.54, 1.807) is 0 Å². The quantitative estimate of drug-likeness (QED) is 0.669. The Morgan fingerprint density at radius 1 is 1.14 bits per heavy atom. The van der Waals surface area contributed by atoms with Crippen molar-refractivity contribution in [2.45, 2.75) is 64.7 Å². The summed E-state index contributed by atoms with van der Waals surface area (Å²) >= 11 is 0. The first kappa shape index (κ1) is 16.8. The molecule has 0 bridgehead atoms. The van der Waals surface area contributed by atoms with E-state index in [0.29, 0.717) is 0 Å². The van der Waals surface area contributed by atoms with Crippen molar-refractivity contribution in [2.75, 3.05) is 6.61 Å². The predicted molar refractivity (Wildman–Crippen MR) is 86.6 cm³/mol. The molecule has 1 amide bonds. The summed E-state index contributed by atoms with van der Waals surface area (Å²) in [7, 11) is 0. The van der Waals surface area contributed by atoms with Crippen LogP contribution in [0.4, 0.5) is 0 Å². The van der Waals surface area contributed by atoms with Gasteiger partial charge in [0.2, 0.25) is 0 Å². The molecule has 1 saturated heterocycles. The molecular formula is C18H27NO3. The third-order valence-electron chi connectivity index (χ3n) is 3.90. The van der Waals surface area contributed by atoms with Crippen molar-refractivity contribution in [3.63, 3.8) is 0 Å². The fraction of sp³-hybridized carbons (Fsp3) is 0.611. The van der Waals surface area contributed by atoms with Gasteiger partial charge >= 0.3 is 0 Å². The maximum atomic E-state index is 11.1. The minimum Gasteiger partial charge on any atom is -0.446 e. The molecule has 1 aliphatic rings. The van der Waals surface area contributed by atoms with Crippen molar-refractivity contribution in [3.05, 3.63) is 29.8 Å². The van der Waals surface area contributed by atoms with Gasteiger partial charge in [0.15, 0.2) is 0 Å². The molecule has 1 unspecified atom stereocenters.